The second-order valence-corrected chi connectivity index (χ2v) is 7.56. The summed E-state index contributed by atoms with van der Waals surface area (Å²) in [6.07, 6.45) is 0. The van der Waals surface area contributed by atoms with Crippen molar-refractivity contribution in [1.82, 2.24) is 15.1 Å². The van der Waals surface area contributed by atoms with Crippen LogP contribution >= 0.6 is 0 Å². The highest BCUT2D eigenvalue weighted by Crippen LogP contribution is 2.38. The lowest BCUT2D eigenvalue weighted by atomic mass is 10.1. The molecule has 9 nitrogen and oxygen atoms in total. The van der Waals surface area contributed by atoms with Gasteiger partial charge in [0, 0.05) is 37.8 Å². The van der Waals surface area contributed by atoms with E-state index >= 15 is 0 Å². The molecule has 2 aromatic carbocycles. The minimum Gasteiger partial charge on any atom is -0.497 e. The number of hydrogen-bond acceptors (Lipinski definition) is 7. The van der Waals surface area contributed by atoms with E-state index in [0.29, 0.717) is 49.0 Å². The van der Waals surface area contributed by atoms with Crippen molar-refractivity contribution in [2.45, 2.75) is 0 Å². The first-order valence-corrected chi connectivity index (χ1v) is 10.6. The normalized spacial score (nSPS) is 13.6. The molecule has 0 radical (unpaired) electrons. The number of nitrogens with zero attached hydrogens (tertiary/aromatic N) is 3. The summed E-state index contributed by atoms with van der Waals surface area (Å²) >= 11 is 0. The molecule has 1 amide bonds. The fraction of sp³-hybridized carbons (Fsp3) is 0.333. The number of amides is 1. The molecule has 0 aliphatic carbocycles. The molecule has 1 aliphatic rings. The minimum absolute atomic E-state index is 0.0742. The second-order valence-electron chi connectivity index (χ2n) is 7.56. The molecule has 1 aliphatic heterocycles. The fourth-order valence-electron chi connectivity index (χ4n) is 3.92. The first-order chi connectivity index (χ1) is 16.1. The number of methoxy groups -OCH3 is 4. The van der Waals surface area contributed by atoms with Gasteiger partial charge in [-0.3, -0.25) is 9.89 Å². The van der Waals surface area contributed by atoms with E-state index < -0.39 is 0 Å². The number of nitrogens with one attached hydrogen (secondary N) is 1. The third-order valence-electron chi connectivity index (χ3n) is 5.77. The molecular weight excluding hydrogens is 424 g/mol. The summed E-state index contributed by atoms with van der Waals surface area (Å²) in [7, 11) is 6.26. The molecule has 0 unspecified atom stereocenters. The number of anilines is 1. The monoisotopic (exact) mass is 452 g/mol. The van der Waals surface area contributed by atoms with Crippen LogP contribution in [0.15, 0.2) is 42.5 Å². The van der Waals surface area contributed by atoms with Crippen molar-refractivity contribution in [2.75, 3.05) is 59.5 Å². The van der Waals surface area contributed by atoms with Gasteiger partial charge in [0.25, 0.3) is 5.91 Å². The van der Waals surface area contributed by atoms with Gasteiger partial charge in [-0.05, 0) is 42.0 Å². The molecule has 4 rings (SSSR count). The maximum absolute atomic E-state index is 13.1. The summed E-state index contributed by atoms with van der Waals surface area (Å²) in [5.74, 6) is 2.98. The van der Waals surface area contributed by atoms with Crippen LogP contribution in [0.3, 0.4) is 0 Å². The number of aromatic amines is 1. The Kier molecular flexibility index (Phi) is 6.58. The minimum atomic E-state index is -0.0742. The molecule has 2 heterocycles. The molecule has 0 bridgehead atoms. The first kappa shape index (κ1) is 22.3. The van der Waals surface area contributed by atoms with Crippen LogP contribution in [0.4, 0.5) is 5.82 Å². The average Bonchev–Trinajstić information content (AvgIpc) is 3.37. The molecule has 1 fully saturated rings. The quantitative estimate of drug-likeness (QED) is 0.589. The van der Waals surface area contributed by atoms with Crippen molar-refractivity contribution in [3.8, 4) is 34.3 Å². The number of hydrogen-bond donors (Lipinski definition) is 1. The Hall–Kier alpha value is -3.88. The summed E-state index contributed by atoms with van der Waals surface area (Å²) in [4.78, 5) is 17.1. The van der Waals surface area contributed by atoms with Crippen molar-refractivity contribution in [3.05, 3.63) is 48.0 Å². The molecule has 9 heteroatoms. The Balaban J connectivity index is 1.43. The zero-order valence-electron chi connectivity index (χ0n) is 19.3. The van der Waals surface area contributed by atoms with Gasteiger partial charge in [-0.25, -0.2) is 0 Å². The number of aromatic nitrogens is 2. The second kappa shape index (κ2) is 9.72. The highest BCUT2D eigenvalue weighted by molar-refractivity contribution is 5.95. The molecule has 1 N–H and O–H groups in total. The van der Waals surface area contributed by atoms with Gasteiger partial charge in [0.15, 0.2) is 17.3 Å². The van der Waals surface area contributed by atoms with Crippen molar-refractivity contribution in [1.29, 1.82) is 0 Å². The van der Waals surface area contributed by atoms with Crippen LogP contribution in [-0.4, -0.2) is 75.6 Å². The van der Waals surface area contributed by atoms with E-state index in [9.17, 15) is 4.79 Å². The Morgan fingerprint density at radius 3 is 2.03 bits per heavy atom. The molecule has 0 spiro atoms. The number of H-pyrrole nitrogens is 1. The average molecular weight is 453 g/mol. The predicted molar refractivity (Wildman–Crippen MR) is 125 cm³/mol. The number of ether oxygens (including phenoxy) is 4. The van der Waals surface area contributed by atoms with Gasteiger partial charge in [0.05, 0.1) is 34.1 Å². The van der Waals surface area contributed by atoms with Crippen LogP contribution in [-0.2, 0) is 0 Å². The molecule has 3 aromatic rings. The number of carbonyl (C=O) groups is 1. The number of piperazine rings is 1. The zero-order chi connectivity index (χ0) is 23.4. The van der Waals surface area contributed by atoms with Gasteiger partial charge in [0.1, 0.15) is 5.75 Å². The lowest BCUT2D eigenvalue weighted by molar-refractivity contribution is 0.0745. The van der Waals surface area contributed by atoms with Crippen LogP contribution in [0.2, 0.25) is 0 Å². The van der Waals surface area contributed by atoms with Crippen LogP contribution in [0, 0.1) is 0 Å². The lowest BCUT2D eigenvalue weighted by Crippen LogP contribution is -2.49. The maximum atomic E-state index is 13.1. The van der Waals surface area contributed by atoms with E-state index in [0.717, 1.165) is 22.8 Å². The Bertz CT molecular complexity index is 1080. The Morgan fingerprint density at radius 2 is 1.48 bits per heavy atom. The van der Waals surface area contributed by atoms with Crippen molar-refractivity contribution < 1.29 is 23.7 Å². The molecule has 1 saturated heterocycles. The van der Waals surface area contributed by atoms with Gasteiger partial charge in [0.2, 0.25) is 5.75 Å². The predicted octanol–water partition coefficient (Wildman–Crippen LogP) is 3.07. The standard InChI is InChI=1S/C24H28N4O5/c1-30-18-7-5-16(6-8-18)19-15-22(26-25-19)27-9-11-28(12-10-27)24(29)17-13-20(31-2)23(33-4)21(14-17)32-3/h5-8,13-15H,9-12H2,1-4H3,(H,25,26). The lowest BCUT2D eigenvalue weighted by Gasteiger charge is -2.35. The third-order valence-corrected chi connectivity index (χ3v) is 5.77. The highest BCUT2D eigenvalue weighted by atomic mass is 16.5. The Morgan fingerprint density at radius 1 is 0.848 bits per heavy atom. The van der Waals surface area contributed by atoms with Crippen molar-refractivity contribution >= 4 is 11.7 Å². The SMILES string of the molecule is COc1ccc(-c2cc(N3CCN(C(=O)c4cc(OC)c(OC)c(OC)c4)CC3)n[nH]2)cc1. The number of benzene rings is 2. The van der Waals surface area contributed by atoms with Crippen molar-refractivity contribution in [3.63, 3.8) is 0 Å². The fourth-order valence-corrected chi connectivity index (χ4v) is 3.92. The molecular formula is C24H28N4O5. The summed E-state index contributed by atoms with van der Waals surface area (Å²) in [6.45, 7) is 2.53. The van der Waals surface area contributed by atoms with Crippen LogP contribution in [0.1, 0.15) is 10.4 Å². The summed E-state index contributed by atoms with van der Waals surface area (Å²) in [5, 5.41) is 7.57. The summed E-state index contributed by atoms with van der Waals surface area (Å²) in [5.41, 5.74) is 2.47. The molecule has 1 aromatic heterocycles. The number of rotatable bonds is 7. The molecule has 174 valence electrons. The zero-order valence-corrected chi connectivity index (χ0v) is 19.3. The van der Waals surface area contributed by atoms with Gasteiger partial charge in [-0.2, -0.15) is 5.10 Å². The van der Waals surface area contributed by atoms with Gasteiger partial charge >= 0.3 is 0 Å². The van der Waals surface area contributed by atoms with Gasteiger partial charge in [-0.15, -0.1) is 0 Å². The van der Waals surface area contributed by atoms with Gasteiger partial charge < -0.3 is 28.7 Å². The van der Waals surface area contributed by atoms with Crippen LogP contribution < -0.4 is 23.8 Å². The van der Waals surface area contributed by atoms with Crippen molar-refractivity contribution in [2.24, 2.45) is 0 Å². The third kappa shape index (κ3) is 4.52. The smallest absolute Gasteiger partial charge is 0.254 e. The van der Waals surface area contributed by atoms with E-state index in [1.807, 2.05) is 35.2 Å². The number of carbonyl (C=O) groups excluding carboxylic acids is 1. The van der Waals surface area contributed by atoms with E-state index in [2.05, 4.69) is 15.1 Å². The van der Waals surface area contributed by atoms with E-state index in [1.54, 1.807) is 19.2 Å². The molecule has 0 atom stereocenters. The van der Waals surface area contributed by atoms with E-state index in [1.165, 1.54) is 21.3 Å². The summed E-state index contributed by atoms with van der Waals surface area (Å²) < 4.78 is 21.3. The van der Waals surface area contributed by atoms with Crippen LogP contribution in [0.5, 0.6) is 23.0 Å². The van der Waals surface area contributed by atoms with Gasteiger partial charge in [-0.1, -0.05) is 0 Å². The molecule has 33 heavy (non-hydrogen) atoms. The van der Waals surface area contributed by atoms with E-state index in [4.69, 9.17) is 18.9 Å². The Labute approximate surface area is 192 Å². The topological polar surface area (TPSA) is 89.2 Å². The highest BCUT2D eigenvalue weighted by Gasteiger charge is 2.25. The van der Waals surface area contributed by atoms with E-state index in [-0.39, 0.29) is 5.91 Å². The van der Waals surface area contributed by atoms with Crippen LogP contribution in [0.25, 0.3) is 11.3 Å². The summed E-state index contributed by atoms with van der Waals surface area (Å²) in [6, 6.07) is 13.2. The molecule has 0 saturated carbocycles. The maximum Gasteiger partial charge on any atom is 0.254 e. The first-order valence-electron chi connectivity index (χ1n) is 10.6. The largest absolute Gasteiger partial charge is 0.497 e.